The van der Waals surface area contributed by atoms with Gasteiger partial charge in [0.2, 0.25) is 0 Å². The lowest BCUT2D eigenvalue weighted by molar-refractivity contribution is 0.890. The molecule has 0 amide bonds. The van der Waals surface area contributed by atoms with Gasteiger partial charge >= 0.3 is 0 Å². The van der Waals surface area contributed by atoms with Gasteiger partial charge in [0.05, 0.1) is 6.33 Å². The molecule has 1 aliphatic heterocycles. The van der Waals surface area contributed by atoms with Gasteiger partial charge in [0.15, 0.2) is 0 Å². The van der Waals surface area contributed by atoms with E-state index in [4.69, 9.17) is 0 Å². The van der Waals surface area contributed by atoms with Gasteiger partial charge in [-0.05, 0) is 36.3 Å². The molecule has 1 aromatic carbocycles. The van der Waals surface area contributed by atoms with Crippen LogP contribution in [0.4, 0.5) is 0 Å². The Morgan fingerprint density at radius 1 is 1.44 bits per heavy atom. The van der Waals surface area contributed by atoms with Crippen LogP contribution < -0.4 is 0 Å². The Labute approximate surface area is 110 Å². The first-order valence-electron chi connectivity index (χ1n) is 5.97. The van der Waals surface area contributed by atoms with E-state index < -0.39 is 0 Å². The minimum Gasteiger partial charge on any atom is -0.325 e. The van der Waals surface area contributed by atoms with Crippen molar-refractivity contribution in [1.29, 1.82) is 5.26 Å². The molecule has 0 spiro atoms. The Bertz CT molecular complexity index is 637. The second kappa shape index (κ2) is 4.51. The molecule has 0 atom stereocenters. The van der Waals surface area contributed by atoms with Gasteiger partial charge in [-0.2, -0.15) is 5.26 Å². The van der Waals surface area contributed by atoms with Gasteiger partial charge in [0.1, 0.15) is 17.5 Å². The van der Waals surface area contributed by atoms with Gasteiger partial charge in [-0.3, -0.25) is 0 Å². The molecule has 0 saturated heterocycles. The molecular formula is C14H13N3S. The number of hydrogen-bond acceptors (Lipinski definition) is 3. The third-order valence-electron chi connectivity index (χ3n) is 3.22. The number of benzene rings is 1. The number of imidazole rings is 1. The van der Waals surface area contributed by atoms with Crippen LogP contribution >= 0.6 is 11.8 Å². The predicted octanol–water partition coefficient (Wildman–Crippen LogP) is 3.00. The summed E-state index contributed by atoms with van der Waals surface area (Å²) in [6, 6.07) is 8.63. The van der Waals surface area contributed by atoms with Crippen molar-refractivity contribution in [1.82, 2.24) is 9.55 Å². The number of nitrogens with zero attached hydrogens (tertiary/aromatic N) is 3. The van der Waals surface area contributed by atoms with Crippen LogP contribution in [0.2, 0.25) is 0 Å². The summed E-state index contributed by atoms with van der Waals surface area (Å²) in [5.74, 6) is 1.21. The van der Waals surface area contributed by atoms with E-state index >= 15 is 0 Å². The topological polar surface area (TPSA) is 41.6 Å². The molecule has 0 aliphatic carbocycles. The lowest BCUT2D eigenvalue weighted by Gasteiger charge is -2.15. The fourth-order valence-corrected chi connectivity index (χ4v) is 3.30. The normalized spacial score (nSPS) is 14.0. The first kappa shape index (κ1) is 11.4. The van der Waals surface area contributed by atoms with Crippen LogP contribution in [-0.2, 0) is 13.5 Å². The van der Waals surface area contributed by atoms with Gasteiger partial charge in [0.25, 0.3) is 0 Å². The third kappa shape index (κ3) is 1.81. The molecule has 4 heteroatoms. The van der Waals surface area contributed by atoms with Crippen molar-refractivity contribution in [2.45, 2.75) is 17.7 Å². The highest BCUT2D eigenvalue weighted by Gasteiger charge is 2.14. The number of rotatable bonds is 1. The highest BCUT2D eigenvalue weighted by molar-refractivity contribution is 7.99. The Morgan fingerprint density at radius 3 is 3.17 bits per heavy atom. The number of thioether (sulfide) groups is 1. The molecule has 0 radical (unpaired) electrons. The maximum atomic E-state index is 9.17. The second-order valence-electron chi connectivity index (χ2n) is 4.44. The Morgan fingerprint density at radius 2 is 2.33 bits per heavy atom. The monoisotopic (exact) mass is 255 g/mol. The minimum atomic E-state index is 0.624. The second-order valence-corrected chi connectivity index (χ2v) is 5.58. The van der Waals surface area contributed by atoms with Crippen molar-refractivity contribution in [3.05, 3.63) is 35.8 Å². The van der Waals surface area contributed by atoms with Crippen LogP contribution in [0.15, 0.2) is 29.4 Å². The minimum absolute atomic E-state index is 0.624. The molecule has 2 heterocycles. The van der Waals surface area contributed by atoms with Crippen molar-refractivity contribution in [2.75, 3.05) is 5.75 Å². The molecule has 0 bridgehead atoms. The van der Waals surface area contributed by atoms with Crippen LogP contribution in [0, 0.1) is 11.3 Å². The zero-order valence-electron chi connectivity index (χ0n) is 10.2. The van der Waals surface area contributed by atoms with E-state index in [0.29, 0.717) is 5.69 Å². The molecule has 0 unspecified atom stereocenters. The highest BCUT2D eigenvalue weighted by atomic mass is 32.2. The molecule has 0 N–H and O–H groups in total. The number of hydrogen-bond donors (Lipinski definition) is 0. The smallest absolute Gasteiger partial charge is 0.147 e. The van der Waals surface area contributed by atoms with Crippen molar-refractivity contribution >= 4 is 11.8 Å². The fraction of sp³-hybridized carbons (Fsp3) is 0.286. The Balaban J connectivity index is 2.10. The van der Waals surface area contributed by atoms with Crippen LogP contribution in [-0.4, -0.2) is 15.3 Å². The number of aryl methyl sites for hydroxylation is 2. The molecule has 2 aromatic rings. The van der Waals surface area contributed by atoms with Gasteiger partial charge in [-0.15, -0.1) is 11.8 Å². The van der Waals surface area contributed by atoms with Crippen LogP contribution in [0.1, 0.15) is 17.7 Å². The molecule has 1 aromatic heterocycles. The summed E-state index contributed by atoms with van der Waals surface area (Å²) in [4.78, 5) is 5.71. The molecule has 90 valence electrons. The van der Waals surface area contributed by atoms with E-state index in [-0.39, 0.29) is 0 Å². The van der Waals surface area contributed by atoms with Gasteiger partial charge in [0, 0.05) is 17.5 Å². The van der Waals surface area contributed by atoms with Crippen molar-refractivity contribution < 1.29 is 0 Å². The van der Waals surface area contributed by atoms with Crippen molar-refractivity contribution in [3.63, 3.8) is 0 Å². The maximum absolute atomic E-state index is 9.17. The number of nitriles is 1. The SMILES string of the molecule is Cn1cnc(-c2ccc3c(c2)CCCS3)c1C#N. The van der Waals surface area contributed by atoms with E-state index in [1.165, 1.54) is 22.6 Å². The van der Waals surface area contributed by atoms with E-state index in [9.17, 15) is 5.26 Å². The number of fused-ring (bicyclic) bond motifs is 1. The van der Waals surface area contributed by atoms with E-state index in [2.05, 4.69) is 29.3 Å². The summed E-state index contributed by atoms with van der Waals surface area (Å²) >= 11 is 1.92. The summed E-state index contributed by atoms with van der Waals surface area (Å²) in [6.45, 7) is 0. The van der Waals surface area contributed by atoms with E-state index in [1.54, 1.807) is 10.9 Å². The molecule has 0 fully saturated rings. The van der Waals surface area contributed by atoms with E-state index in [1.807, 2.05) is 18.8 Å². The maximum Gasteiger partial charge on any atom is 0.147 e. The standard InChI is InChI=1S/C14H13N3S/c1-17-9-16-14(12(17)8-15)11-4-5-13-10(7-11)3-2-6-18-13/h4-5,7,9H,2-3,6H2,1H3. The Hall–Kier alpha value is -1.73. The molecule has 18 heavy (non-hydrogen) atoms. The van der Waals surface area contributed by atoms with Gasteiger partial charge < -0.3 is 4.57 Å². The third-order valence-corrected chi connectivity index (χ3v) is 4.43. The van der Waals surface area contributed by atoms with Gasteiger partial charge in [-0.25, -0.2) is 4.98 Å². The summed E-state index contributed by atoms with van der Waals surface area (Å²) in [5.41, 5.74) is 3.85. The lowest BCUT2D eigenvalue weighted by atomic mass is 10.0. The van der Waals surface area contributed by atoms with Gasteiger partial charge in [-0.1, -0.05) is 6.07 Å². The summed E-state index contributed by atoms with van der Waals surface area (Å²) in [5, 5.41) is 9.17. The van der Waals surface area contributed by atoms with Crippen LogP contribution in [0.5, 0.6) is 0 Å². The molecule has 1 aliphatic rings. The highest BCUT2D eigenvalue weighted by Crippen LogP contribution is 2.33. The average molecular weight is 255 g/mol. The zero-order valence-corrected chi connectivity index (χ0v) is 11.0. The first-order chi connectivity index (χ1) is 8.79. The van der Waals surface area contributed by atoms with Crippen molar-refractivity contribution in [3.8, 4) is 17.3 Å². The fourth-order valence-electron chi connectivity index (χ4n) is 2.28. The molecule has 3 nitrogen and oxygen atoms in total. The quantitative estimate of drug-likeness (QED) is 0.786. The predicted molar refractivity (Wildman–Crippen MR) is 72.4 cm³/mol. The van der Waals surface area contributed by atoms with E-state index in [0.717, 1.165) is 17.7 Å². The van der Waals surface area contributed by atoms with Crippen LogP contribution in [0.25, 0.3) is 11.3 Å². The average Bonchev–Trinajstić information content (AvgIpc) is 2.79. The first-order valence-corrected chi connectivity index (χ1v) is 6.95. The van der Waals surface area contributed by atoms with Crippen LogP contribution in [0.3, 0.4) is 0 Å². The number of aromatic nitrogens is 2. The molecule has 3 rings (SSSR count). The summed E-state index contributed by atoms with van der Waals surface area (Å²) in [7, 11) is 1.85. The lowest BCUT2D eigenvalue weighted by Crippen LogP contribution is -1.99. The Kier molecular flexibility index (Phi) is 2.85. The largest absolute Gasteiger partial charge is 0.325 e. The molecular weight excluding hydrogens is 242 g/mol. The summed E-state index contributed by atoms with van der Waals surface area (Å²) in [6.07, 6.45) is 4.06. The van der Waals surface area contributed by atoms with Crippen molar-refractivity contribution in [2.24, 2.45) is 7.05 Å². The zero-order chi connectivity index (χ0) is 12.5. The molecule has 0 saturated carbocycles. The summed E-state index contributed by atoms with van der Waals surface area (Å²) < 4.78 is 1.77.